The van der Waals surface area contributed by atoms with Crippen molar-refractivity contribution in [1.29, 1.82) is 0 Å². The molecular formula is C25H22N4O3S2. The fourth-order valence-corrected chi connectivity index (χ4v) is 6.32. The van der Waals surface area contributed by atoms with Crippen molar-refractivity contribution in [2.45, 2.75) is 31.8 Å². The van der Waals surface area contributed by atoms with E-state index in [-0.39, 0.29) is 23.5 Å². The highest BCUT2D eigenvalue weighted by atomic mass is 32.2. The van der Waals surface area contributed by atoms with E-state index >= 15 is 0 Å². The molecule has 0 spiro atoms. The van der Waals surface area contributed by atoms with Crippen LogP contribution in [0.25, 0.3) is 21.9 Å². The number of H-pyrrole nitrogens is 1. The van der Waals surface area contributed by atoms with Gasteiger partial charge in [0.25, 0.3) is 5.56 Å². The van der Waals surface area contributed by atoms with E-state index in [1.165, 1.54) is 10.4 Å². The summed E-state index contributed by atoms with van der Waals surface area (Å²) in [4.78, 5) is 16.0. The minimum Gasteiger partial charge on any atom is -0.322 e. The molecule has 5 aromatic rings. The monoisotopic (exact) mass is 490 g/mol. The summed E-state index contributed by atoms with van der Waals surface area (Å²) >= 11 is 0.971. The smallest absolute Gasteiger partial charge is 0.252 e. The molecule has 0 aliphatic carbocycles. The van der Waals surface area contributed by atoms with Crippen molar-refractivity contribution in [2.24, 2.45) is 0 Å². The molecule has 0 bridgehead atoms. The number of nitrogens with one attached hydrogen (secondary N) is 1. The first-order chi connectivity index (χ1) is 16.3. The Labute approximate surface area is 201 Å². The van der Waals surface area contributed by atoms with Gasteiger partial charge in [0.2, 0.25) is 10.0 Å². The van der Waals surface area contributed by atoms with Crippen LogP contribution in [0, 0.1) is 13.8 Å². The number of nitrogens with zero attached hydrogens (tertiary/aromatic N) is 3. The first-order valence-electron chi connectivity index (χ1n) is 10.7. The van der Waals surface area contributed by atoms with Gasteiger partial charge < -0.3 is 4.98 Å². The van der Waals surface area contributed by atoms with Gasteiger partial charge in [-0.3, -0.25) is 4.79 Å². The normalized spacial score (nSPS) is 12.1. The number of rotatable bonds is 6. The summed E-state index contributed by atoms with van der Waals surface area (Å²) < 4.78 is 37.5. The SMILES string of the molecule is Cc1cc(C)c2cc(CN(Cc3ccccc3)S(=O)(=O)c3cccc4nsnc34)c(=O)[nH]c2c1. The maximum absolute atomic E-state index is 13.9. The molecular weight excluding hydrogens is 468 g/mol. The van der Waals surface area contributed by atoms with Crippen LogP contribution in [-0.2, 0) is 23.1 Å². The van der Waals surface area contributed by atoms with Crippen molar-refractivity contribution < 1.29 is 8.42 Å². The molecule has 2 aromatic heterocycles. The molecule has 0 saturated heterocycles. The molecule has 0 fully saturated rings. The molecule has 0 saturated carbocycles. The minimum absolute atomic E-state index is 0.0796. The molecule has 3 aromatic carbocycles. The summed E-state index contributed by atoms with van der Waals surface area (Å²) in [5.74, 6) is 0. The van der Waals surface area contributed by atoms with E-state index in [1.807, 2.05) is 56.3 Å². The Kier molecular flexibility index (Phi) is 5.76. The summed E-state index contributed by atoms with van der Waals surface area (Å²) in [5, 5.41) is 0.892. The second-order valence-corrected chi connectivity index (χ2v) is 10.7. The minimum atomic E-state index is -4.00. The zero-order valence-corrected chi connectivity index (χ0v) is 20.3. The molecule has 5 rings (SSSR count). The third-order valence-corrected chi connectivity index (χ3v) is 8.17. The molecule has 9 heteroatoms. The highest BCUT2D eigenvalue weighted by Crippen LogP contribution is 2.27. The predicted molar refractivity (Wildman–Crippen MR) is 134 cm³/mol. The number of hydrogen-bond acceptors (Lipinski definition) is 6. The van der Waals surface area contributed by atoms with Gasteiger partial charge >= 0.3 is 0 Å². The highest BCUT2D eigenvalue weighted by Gasteiger charge is 2.29. The number of hydrogen-bond donors (Lipinski definition) is 1. The quantitative estimate of drug-likeness (QED) is 0.377. The van der Waals surface area contributed by atoms with Gasteiger partial charge in [0.15, 0.2) is 0 Å². The van der Waals surface area contributed by atoms with Crippen LogP contribution in [0.2, 0.25) is 0 Å². The first-order valence-corrected chi connectivity index (χ1v) is 12.9. The van der Waals surface area contributed by atoms with E-state index in [0.29, 0.717) is 16.6 Å². The van der Waals surface area contributed by atoms with Gasteiger partial charge in [0, 0.05) is 29.6 Å². The van der Waals surface area contributed by atoms with Crippen molar-refractivity contribution in [3.05, 3.63) is 99.3 Å². The topological polar surface area (TPSA) is 96.0 Å². The van der Waals surface area contributed by atoms with Crippen LogP contribution in [0.4, 0.5) is 0 Å². The number of aromatic nitrogens is 3. The van der Waals surface area contributed by atoms with E-state index in [1.54, 1.807) is 18.2 Å². The van der Waals surface area contributed by atoms with Crippen LogP contribution >= 0.6 is 11.7 Å². The lowest BCUT2D eigenvalue weighted by Gasteiger charge is -2.22. The molecule has 172 valence electrons. The van der Waals surface area contributed by atoms with Gasteiger partial charge in [-0.25, -0.2) is 8.42 Å². The molecule has 0 aliphatic heterocycles. The van der Waals surface area contributed by atoms with Crippen LogP contribution in [0.5, 0.6) is 0 Å². The maximum atomic E-state index is 13.9. The number of fused-ring (bicyclic) bond motifs is 2. The maximum Gasteiger partial charge on any atom is 0.252 e. The standard InChI is InChI=1S/C25H22N4O3S2/c1-16-11-17(2)20-13-19(25(30)26-22(20)12-16)15-29(14-18-7-4-3-5-8-18)34(31,32)23-10-6-9-21-24(23)28-33-27-21/h3-13H,14-15H2,1-2H3,(H,26,30). The number of sulfonamides is 1. The molecule has 1 N–H and O–H groups in total. The number of aromatic amines is 1. The van der Waals surface area contributed by atoms with Crippen molar-refractivity contribution >= 4 is 43.7 Å². The fraction of sp³-hybridized carbons (Fsp3) is 0.160. The van der Waals surface area contributed by atoms with E-state index in [0.717, 1.165) is 39.3 Å². The molecule has 0 amide bonds. The molecule has 0 radical (unpaired) electrons. The second-order valence-electron chi connectivity index (χ2n) is 8.31. The molecule has 0 aliphatic rings. The summed E-state index contributed by atoms with van der Waals surface area (Å²) in [6.07, 6.45) is 0. The molecule has 0 unspecified atom stereocenters. The second kappa shape index (κ2) is 8.75. The van der Waals surface area contributed by atoms with E-state index in [4.69, 9.17) is 0 Å². The van der Waals surface area contributed by atoms with Crippen molar-refractivity contribution in [3.8, 4) is 0 Å². The Bertz CT molecular complexity index is 1680. The third-order valence-electron chi connectivity index (χ3n) is 5.80. The van der Waals surface area contributed by atoms with Gasteiger partial charge in [-0.1, -0.05) is 42.5 Å². The van der Waals surface area contributed by atoms with Gasteiger partial charge in [-0.15, -0.1) is 0 Å². The van der Waals surface area contributed by atoms with Crippen molar-refractivity contribution in [3.63, 3.8) is 0 Å². The van der Waals surface area contributed by atoms with Gasteiger partial charge in [-0.05, 0) is 54.8 Å². The van der Waals surface area contributed by atoms with Gasteiger partial charge in [-0.2, -0.15) is 13.1 Å². The molecule has 7 nitrogen and oxygen atoms in total. The van der Waals surface area contributed by atoms with Crippen LogP contribution in [-0.4, -0.2) is 26.5 Å². The summed E-state index contributed by atoms with van der Waals surface area (Å²) in [6, 6.07) is 20.0. The van der Waals surface area contributed by atoms with Crippen LogP contribution < -0.4 is 5.56 Å². The number of benzene rings is 3. The lowest BCUT2D eigenvalue weighted by Crippen LogP contribution is -2.32. The molecule has 2 heterocycles. The lowest BCUT2D eigenvalue weighted by molar-refractivity contribution is 0.400. The van der Waals surface area contributed by atoms with Crippen molar-refractivity contribution in [2.75, 3.05) is 0 Å². The highest BCUT2D eigenvalue weighted by molar-refractivity contribution is 7.89. The molecule has 0 atom stereocenters. The Morgan fingerprint density at radius 2 is 1.74 bits per heavy atom. The number of aryl methyl sites for hydroxylation is 2. The van der Waals surface area contributed by atoms with Gasteiger partial charge in [0.05, 0.1) is 11.7 Å². The summed E-state index contributed by atoms with van der Waals surface area (Å²) in [5.41, 5.74) is 4.56. The summed E-state index contributed by atoms with van der Waals surface area (Å²) in [7, 11) is -4.00. The van der Waals surface area contributed by atoms with Gasteiger partial charge in [0.1, 0.15) is 15.9 Å². The average Bonchev–Trinajstić information content (AvgIpc) is 3.29. The first kappa shape index (κ1) is 22.4. The van der Waals surface area contributed by atoms with E-state index in [2.05, 4.69) is 13.7 Å². The predicted octanol–water partition coefficient (Wildman–Crippen LogP) is 4.54. The average molecular weight is 491 g/mol. The van der Waals surface area contributed by atoms with Crippen LogP contribution in [0.3, 0.4) is 0 Å². The number of pyridine rings is 1. The zero-order valence-electron chi connectivity index (χ0n) is 18.6. The van der Waals surface area contributed by atoms with E-state index in [9.17, 15) is 13.2 Å². The van der Waals surface area contributed by atoms with Crippen LogP contribution in [0.1, 0.15) is 22.3 Å². The largest absolute Gasteiger partial charge is 0.322 e. The fourth-order valence-electron chi connectivity index (χ4n) is 4.17. The molecule has 34 heavy (non-hydrogen) atoms. The third kappa shape index (κ3) is 4.13. The Balaban J connectivity index is 1.63. The zero-order chi connectivity index (χ0) is 23.9. The lowest BCUT2D eigenvalue weighted by atomic mass is 10.0. The van der Waals surface area contributed by atoms with Crippen LogP contribution in [0.15, 0.2) is 76.4 Å². The summed E-state index contributed by atoms with van der Waals surface area (Å²) in [6.45, 7) is 3.98. The van der Waals surface area contributed by atoms with Crippen molar-refractivity contribution in [1.82, 2.24) is 18.0 Å². The van der Waals surface area contributed by atoms with E-state index < -0.39 is 10.0 Å². The Morgan fingerprint density at radius 1 is 0.941 bits per heavy atom. The Morgan fingerprint density at radius 3 is 2.53 bits per heavy atom. The Hall–Kier alpha value is -3.40.